The number of aromatic nitrogens is 2. The first-order valence-corrected chi connectivity index (χ1v) is 13.8. The summed E-state index contributed by atoms with van der Waals surface area (Å²) in [4.78, 5) is 41.0. The van der Waals surface area contributed by atoms with Gasteiger partial charge in [0.1, 0.15) is 0 Å². The molecule has 0 aliphatic carbocycles. The molecule has 37 heavy (non-hydrogen) atoms. The number of nitrogens with zero attached hydrogens (tertiary/aromatic N) is 1. The van der Waals surface area contributed by atoms with Crippen molar-refractivity contribution < 1.29 is 18.0 Å². The molecule has 1 aliphatic heterocycles. The summed E-state index contributed by atoms with van der Waals surface area (Å²) in [5.41, 5.74) is 1.78. The molecule has 0 radical (unpaired) electrons. The summed E-state index contributed by atoms with van der Waals surface area (Å²) in [6, 6.07) is 14.9. The van der Waals surface area contributed by atoms with Crippen molar-refractivity contribution >= 4 is 44.2 Å². The first kappa shape index (κ1) is 24.8. The zero-order valence-corrected chi connectivity index (χ0v) is 21.1. The van der Waals surface area contributed by atoms with Crippen LogP contribution >= 0.6 is 11.6 Å². The number of sulfone groups is 1. The average Bonchev–Trinajstić information content (AvgIpc) is 3.25. The molecule has 2 amide bonds. The lowest BCUT2D eigenvalue weighted by atomic mass is 10.0. The Bertz CT molecular complexity index is 1660. The largest absolute Gasteiger partial charge is 0.360 e. The molecule has 3 N–H and O–H groups in total. The number of amides is 2. The van der Waals surface area contributed by atoms with Gasteiger partial charge in [-0.1, -0.05) is 23.7 Å². The topological polar surface area (TPSA) is 130 Å². The van der Waals surface area contributed by atoms with Gasteiger partial charge in [-0.05, 0) is 48.9 Å². The molecule has 1 fully saturated rings. The first-order valence-electron chi connectivity index (χ1n) is 11.6. The Hall–Kier alpha value is -3.89. The summed E-state index contributed by atoms with van der Waals surface area (Å²) in [6.45, 7) is 0. The maximum absolute atomic E-state index is 13.0. The van der Waals surface area contributed by atoms with E-state index in [1.165, 1.54) is 10.6 Å². The van der Waals surface area contributed by atoms with Crippen molar-refractivity contribution in [2.45, 2.75) is 18.5 Å². The van der Waals surface area contributed by atoms with E-state index >= 15 is 0 Å². The molecule has 2 atom stereocenters. The van der Waals surface area contributed by atoms with Crippen molar-refractivity contribution in [2.75, 3.05) is 11.5 Å². The van der Waals surface area contributed by atoms with Crippen molar-refractivity contribution in [3.8, 4) is 5.69 Å². The van der Waals surface area contributed by atoms with Gasteiger partial charge in [0, 0.05) is 46.2 Å². The third-order valence-corrected chi connectivity index (χ3v) is 8.45. The number of halogens is 1. The third-order valence-electron chi connectivity index (χ3n) is 6.42. The quantitative estimate of drug-likeness (QED) is 0.360. The highest BCUT2D eigenvalue weighted by atomic mass is 35.5. The van der Waals surface area contributed by atoms with Crippen LogP contribution in [0.4, 0.5) is 0 Å². The van der Waals surface area contributed by atoms with Crippen LogP contribution in [-0.2, 0) is 9.84 Å². The number of hydrogen-bond donors (Lipinski definition) is 3. The fourth-order valence-corrected chi connectivity index (χ4v) is 6.31. The third kappa shape index (κ3) is 5.30. The molecule has 5 rings (SSSR count). The van der Waals surface area contributed by atoms with Crippen LogP contribution in [0, 0.1) is 0 Å². The molecule has 0 bridgehead atoms. The number of fused-ring (bicyclic) bond motifs is 1. The fourth-order valence-electron chi connectivity index (χ4n) is 4.45. The van der Waals surface area contributed by atoms with Gasteiger partial charge < -0.3 is 15.6 Å². The van der Waals surface area contributed by atoms with Crippen LogP contribution in [0.1, 0.15) is 27.1 Å². The molecule has 2 aromatic heterocycles. The van der Waals surface area contributed by atoms with E-state index in [0.717, 1.165) is 5.39 Å². The van der Waals surface area contributed by atoms with E-state index in [1.807, 2.05) is 0 Å². The molecular weight excluding hydrogens is 516 g/mol. The van der Waals surface area contributed by atoms with Crippen molar-refractivity contribution in [1.29, 1.82) is 0 Å². The maximum Gasteiger partial charge on any atom is 0.255 e. The molecule has 2 aromatic carbocycles. The molecule has 2 unspecified atom stereocenters. The minimum atomic E-state index is -3.39. The monoisotopic (exact) mass is 538 g/mol. The first-order chi connectivity index (χ1) is 17.7. The Balaban J connectivity index is 1.32. The summed E-state index contributed by atoms with van der Waals surface area (Å²) in [5, 5.41) is 6.97. The zero-order chi connectivity index (χ0) is 26.2. The van der Waals surface area contributed by atoms with E-state index in [4.69, 9.17) is 11.6 Å². The highest BCUT2D eigenvalue weighted by Gasteiger charge is 2.35. The SMILES string of the molecule is O=C(NC1CCS(=O)(=O)CC1NC(=O)c1ccc2c(Cl)c[nH]c2c1)c1ccc(-n2ccccc2=O)cc1. The van der Waals surface area contributed by atoms with Crippen LogP contribution in [-0.4, -0.2) is 53.4 Å². The lowest BCUT2D eigenvalue weighted by Gasteiger charge is -2.32. The predicted octanol–water partition coefficient (Wildman–Crippen LogP) is 2.69. The Kier molecular flexibility index (Phi) is 6.61. The highest BCUT2D eigenvalue weighted by Crippen LogP contribution is 2.24. The van der Waals surface area contributed by atoms with Gasteiger partial charge in [-0.2, -0.15) is 0 Å². The van der Waals surface area contributed by atoms with Crippen molar-refractivity contribution in [2.24, 2.45) is 0 Å². The van der Waals surface area contributed by atoms with Gasteiger partial charge in [0.2, 0.25) is 0 Å². The number of hydrogen-bond acceptors (Lipinski definition) is 5. The molecule has 3 heterocycles. The minimum Gasteiger partial charge on any atom is -0.360 e. The smallest absolute Gasteiger partial charge is 0.255 e. The van der Waals surface area contributed by atoms with Crippen molar-refractivity contribution in [1.82, 2.24) is 20.2 Å². The zero-order valence-electron chi connectivity index (χ0n) is 19.5. The van der Waals surface area contributed by atoms with E-state index in [2.05, 4.69) is 15.6 Å². The molecule has 9 nitrogen and oxygen atoms in total. The molecular formula is C26H23ClN4O5S. The van der Waals surface area contributed by atoms with E-state index in [9.17, 15) is 22.8 Å². The molecule has 1 aliphatic rings. The van der Waals surface area contributed by atoms with Gasteiger partial charge in [-0.25, -0.2) is 8.42 Å². The van der Waals surface area contributed by atoms with Gasteiger partial charge in [-0.3, -0.25) is 19.0 Å². The van der Waals surface area contributed by atoms with E-state index in [-0.39, 0.29) is 23.5 Å². The lowest BCUT2D eigenvalue weighted by molar-refractivity contribution is 0.0885. The molecule has 190 valence electrons. The minimum absolute atomic E-state index is 0.0902. The Labute approximate surface area is 217 Å². The van der Waals surface area contributed by atoms with Crippen molar-refractivity contribution in [3.05, 3.63) is 99.6 Å². The predicted molar refractivity (Wildman–Crippen MR) is 141 cm³/mol. The van der Waals surface area contributed by atoms with Crippen molar-refractivity contribution in [3.63, 3.8) is 0 Å². The Morgan fingerprint density at radius 1 is 0.946 bits per heavy atom. The number of pyridine rings is 1. The second-order valence-electron chi connectivity index (χ2n) is 8.92. The summed E-state index contributed by atoms with van der Waals surface area (Å²) < 4.78 is 26.1. The van der Waals surface area contributed by atoms with Crippen LogP contribution in [0.3, 0.4) is 0 Å². The van der Waals surface area contributed by atoms with E-state index in [1.54, 1.807) is 67.0 Å². The number of carbonyl (C=O) groups is 2. The highest BCUT2D eigenvalue weighted by molar-refractivity contribution is 7.91. The number of nitrogens with one attached hydrogen (secondary N) is 3. The number of carbonyl (C=O) groups excluding carboxylic acids is 2. The van der Waals surface area contributed by atoms with Crippen LogP contribution in [0.2, 0.25) is 5.02 Å². The second kappa shape index (κ2) is 9.87. The maximum atomic E-state index is 13.0. The van der Waals surface area contributed by atoms with Gasteiger partial charge in [0.25, 0.3) is 17.4 Å². The number of rotatable bonds is 5. The van der Waals surface area contributed by atoms with Crippen LogP contribution in [0.15, 0.2) is 77.9 Å². The Morgan fingerprint density at radius 2 is 1.65 bits per heavy atom. The average molecular weight is 539 g/mol. The van der Waals surface area contributed by atoms with E-state index < -0.39 is 33.7 Å². The van der Waals surface area contributed by atoms with Crippen LogP contribution in [0.25, 0.3) is 16.6 Å². The van der Waals surface area contributed by atoms with E-state index in [0.29, 0.717) is 27.4 Å². The number of aromatic amines is 1. The van der Waals surface area contributed by atoms with Gasteiger partial charge in [0.15, 0.2) is 9.84 Å². The molecule has 4 aromatic rings. The molecule has 0 saturated carbocycles. The molecule has 1 saturated heterocycles. The summed E-state index contributed by atoms with van der Waals surface area (Å²) in [7, 11) is -3.39. The summed E-state index contributed by atoms with van der Waals surface area (Å²) in [6.07, 6.45) is 3.43. The lowest BCUT2D eigenvalue weighted by Crippen LogP contribution is -2.58. The fraction of sp³-hybridized carbons (Fsp3) is 0.192. The van der Waals surface area contributed by atoms with Crippen LogP contribution in [0.5, 0.6) is 0 Å². The number of H-pyrrole nitrogens is 1. The van der Waals surface area contributed by atoms with Gasteiger partial charge >= 0.3 is 0 Å². The number of benzene rings is 2. The summed E-state index contributed by atoms with van der Waals surface area (Å²) >= 11 is 6.10. The summed E-state index contributed by atoms with van der Waals surface area (Å²) in [5.74, 6) is -1.23. The Morgan fingerprint density at radius 3 is 2.41 bits per heavy atom. The van der Waals surface area contributed by atoms with Gasteiger partial charge in [0.05, 0.1) is 28.6 Å². The normalized spacial score (nSPS) is 18.8. The van der Waals surface area contributed by atoms with Crippen LogP contribution < -0.4 is 16.2 Å². The van der Waals surface area contributed by atoms with Gasteiger partial charge in [-0.15, -0.1) is 0 Å². The molecule has 11 heteroatoms. The standard InChI is InChI=1S/C26H23ClN4O5S/c27-20-14-28-22-13-17(6-9-19(20)22)26(34)30-23-15-37(35,36)12-10-21(23)29-25(33)16-4-7-18(8-5-16)31-11-2-1-3-24(31)32/h1-9,11,13-14,21,23,28H,10,12,15H2,(H,29,33)(H,30,34). The molecule has 0 spiro atoms. The second-order valence-corrected chi connectivity index (χ2v) is 11.6.